The third kappa shape index (κ3) is 3.63. The Morgan fingerprint density at radius 2 is 1.84 bits per heavy atom. The highest BCUT2D eigenvalue weighted by Crippen LogP contribution is 2.40. The van der Waals surface area contributed by atoms with Crippen LogP contribution < -0.4 is 0 Å². The number of hydrogen-bond acceptors (Lipinski definition) is 3. The second-order valence-electron chi connectivity index (χ2n) is 5.54. The van der Waals surface area contributed by atoms with Gasteiger partial charge in [0.05, 0.1) is 5.56 Å². The predicted molar refractivity (Wildman–Crippen MR) is 73.9 cm³/mol. The quantitative estimate of drug-likeness (QED) is 0.542. The zero-order valence-corrected chi connectivity index (χ0v) is 11.7. The fraction of sp³-hybridized carbons (Fsp3) is 0.533. The predicted octanol–water partition coefficient (Wildman–Crippen LogP) is 3.65. The van der Waals surface area contributed by atoms with E-state index in [4.69, 9.17) is 5.11 Å². The average Bonchev–Trinajstić information content (AvgIpc) is 2.32. The summed E-state index contributed by atoms with van der Waals surface area (Å²) in [5.41, 5.74) is 0.109. The SMILES string of the molecule is CCCCCC(C)(C)c1cc(C(=O)O)cc(O)c1O. The number of carbonyl (C=O) groups is 1. The van der Waals surface area contributed by atoms with Gasteiger partial charge < -0.3 is 15.3 Å². The molecule has 4 nitrogen and oxygen atoms in total. The van der Waals surface area contributed by atoms with Crippen molar-refractivity contribution in [3.8, 4) is 11.5 Å². The van der Waals surface area contributed by atoms with E-state index in [0.717, 1.165) is 31.7 Å². The maximum absolute atomic E-state index is 11.0. The van der Waals surface area contributed by atoms with Crippen LogP contribution in [0.25, 0.3) is 0 Å². The standard InChI is InChI=1S/C15H22O4/c1-4-5-6-7-15(2,3)11-8-10(14(18)19)9-12(16)13(11)17/h8-9,16-17H,4-7H2,1-3H3,(H,18,19). The molecule has 0 aliphatic rings. The maximum atomic E-state index is 11.0. The fourth-order valence-corrected chi connectivity index (χ4v) is 2.21. The second-order valence-corrected chi connectivity index (χ2v) is 5.54. The first-order valence-electron chi connectivity index (χ1n) is 6.59. The molecule has 0 aliphatic heterocycles. The van der Waals surface area contributed by atoms with E-state index in [2.05, 4.69) is 6.92 Å². The van der Waals surface area contributed by atoms with Crippen molar-refractivity contribution in [1.82, 2.24) is 0 Å². The molecular formula is C15H22O4. The number of benzene rings is 1. The molecule has 0 unspecified atom stereocenters. The van der Waals surface area contributed by atoms with Crippen LogP contribution in [0.5, 0.6) is 11.5 Å². The van der Waals surface area contributed by atoms with E-state index >= 15 is 0 Å². The minimum absolute atomic E-state index is 0.00568. The molecule has 1 rings (SSSR count). The van der Waals surface area contributed by atoms with Crippen molar-refractivity contribution in [2.75, 3.05) is 0 Å². The topological polar surface area (TPSA) is 77.8 Å². The molecule has 0 atom stereocenters. The molecule has 0 spiro atoms. The summed E-state index contributed by atoms with van der Waals surface area (Å²) in [7, 11) is 0. The van der Waals surface area contributed by atoms with E-state index in [9.17, 15) is 15.0 Å². The first-order valence-corrected chi connectivity index (χ1v) is 6.59. The Hall–Kier alpha value is -1.71. The molecular weight excluding hydrogens is 244 g/mol. The first-order chi connectivity index (χ1) is 8.79. The van der Waals surface area contributed by atoms with Crippen LogP contribution in [0.4, 0.5) is 0 Å². The van der Waals surface area contributed by atoms with Gasteiger partial charge in [0.2, 0.25) is 0 Å². The maximum Gasteiger partial charge on any atom is 0.335 e. The highest BCUT2D eigenvalue weighted by Gasteiger charge is 2.26. The fourth-order valence-electron chi connectivity index (χ4n) is 2.21. The number of phenols is 2. The van der Waals surface area contributed by atoms with Crippen LogP contribution in [0.2, 0.25) is 0 Å². The molecule has 4 heteroatoms. The molecule has 0 fully saturated rings. The van der Waals surface area contributed by atoms with Gasteiger partial charge in [0.15, 0.2) is 11.5 Å². The summed E-state index contributed by atoms with van der Waals surface area (Å²) < 4.78 is 0. The largest absolute Gasteiger partial charge is 0.504 e. The molecule has 19 heavy (non-hydrogen) atoms. The molecule has 0 heterocycles. The number of aromatic carboxylic acids is 1. The zero-order valence-electron chi connectivity index (χ0n) is 11.7. The van der Waals surface area contributed by atoms with Crippen LogP contribution in [0.15, 0.2) is 12.1 Å². The number of rotatable bonds is 6. The number of carboxylic acids is 1. The molecule has 0 amide bonds. The van der Waals surface area contributed by atoms with Gasteiger partial charge in [0.25, 0.3) is 0 Å². The van der Waals surface area contributed by atoms with Crippen molar-refractivity contribution < 1.29 is 20.1 Å². The molecule has 0 saturated heterocycles. The van der Waals surface area contributed by atoms with E-state index in [0.29, 0.717) is 5.56 Å². The van der Waals surface area contributed by atoms with Gasteiger partial charge in [-0.15, -0.1) is 0 Å². The number of aromatic hydroxyl groups is 2. The lowest BCUT2D eigenvalue weighted by atomic mass is 9.78. The van der Waals surface area contributed by atoms with Crippen LogP contribution >= 0.6 is 0 Å². The van der Waals surface area contributed by atoms with E-state index in [1.807, 2.05) is 13.8 Å². The second kappa shape index (κ2) is 5.95. The number of carboxylic acid groups (broad SMARTS) is 1. The van der Waals surface area contributed by atoms with Crippen LogP contribution in [0.1, 0.15) is 62.4 Å². The van der Waals surface area contributed by atoms with Gasteiger partial charge in [-0.3, -0.25) is 0 Å². The summed E-state index contributed by atoms with van der Waals surface area (Å²) in [6, 6.07) is 2.52. The van der Waals surface area contributed by atoms with Gasteiger partial charge in [0.1, 0.15) is 0 Å². The average molecular weight is 266 g/mol. The molecule has 106 valence electrons. The van der Waals surface area contributed by atoms with Crippen molar-refractivity contribution in [2.24, 2.45) is 0 Å². The summed E-state index contributed by atoms with van der Waals surface area (Å²) in [6.45, 7) is 6.01. The molecule has 1 aromatic rings. The molecule has 0 bridgehead atoms. The molecule has 3 N–H and O–H groups in total. The monoisotopic (exact) mass is 266 g/mol. The summed E-state index contributed by atoms with van der Waals surface area (Å²) >= 11 is 0. The van der Waals surface area contributed by atoms with Crippen LogP contribution in [-0.2, 0) is 5.41 Å². The van der Waals surface area contributed by atoms with Gasteiger partial charge >= 0.3 is 5.97 Å². The lowest BCUT2D eigenvalue weighted by molar-refractivity contribution is 0.0696. The third-order valence-corrected chi connectivity index (χ3v) is 3.47. The number of phenolic OH excluding ortho intramolecular Hbond substituents is 2. The minimum Gasteiger partial charge on any atom is -0.504 e. The van der Waals surface area contributed by atoms with Crippen molar-refractivity contribution in [1.29, 1.82) is 0 Å². The van der Waals surface area contributed by atoms with Gasteiger partial charge in [0, 0.05) is 5.56 Å². The van der Waals surface area contributed by atoms with Gasteiger partial charge in [-0.1, -0.05) is 40.0 Å². The molecule has 0 saturated carbocycles. The molecule has 0 radical (unpaired) electrons. The Morgan fingerprint density at radius 3 is 2.37 bits per heavy atom. The normalized spacial score (nSPS) is 11.5. The first kappa shape index (κ1) is 15.3. The Kier molecular flexibility index (Phi) is 4.81. The smallest absolute Gasteiger partial charge is 0.335 e. The van der Waals surface area contributed by atoms with Crippen LogP contribution in [0, 0.1) is 0 Å². The van der Waals surface area contributed by atoms with E-state index in [1.165, 1.54) is 6.07 Å². The van der Waals surface area contributed by atoms with Crippen molar-refractivity contribution in [2.45, 2.75) is 51.9 Å². The zero-order chi connectivity index (χ0) is 14.6. The van der Waals surface area contributed by atoms with E-state index in [-0.39, 0.29) is 22.5 Å². The van der Waals surface area contributed by atoms with Crippen molar-refractivity contribution in [3.63, 3.8) is 0 Å². The van der Waals surface area contributed by atoms with Crippen LogP contribution in [0.3, 0.4) is 0 Å². The summed E-state index contributed by atoms with van der Waals surface area (Å²) in [4.78, 5) is 11.0. The number of unbranched alkanes of at least 4 members (excludes halogenated alkanes) is 2. The highest BCUT2D eigenvalue weighted by molar-refractivity contribution is 5.89. The Labute approximate surface area is 113 Å². The molecule has 0 aromatic heterocycles. The van der Waals surface area contributed by atoms with Crippen molar-refractivity contribution in [3.05, 3.63) is 23.3 Å². The number of hydrogen-bond donors (Lipinski definition) is 3. The lowest BCUT2D eigenvalue weighted by Crippen LogP contribution is -2.18. The van der Waals surface area contributed by atoms with Crippen molar-refractivity contribution >= 4 is 5.97 Å². The van der Waals surface area contributed by atoms with Gasteiger partial charge in [-0.2, -0.15) is 0 Å². The van der Waals surface area contributed by atoms with Gasteiger partial charge in [-0.05, 0) is 24.0 Å². The lowest BCUT2D eigenvalue weighted by Gasteiger charge is -2.26. The van der Waals surface area contributed by atoms with Gasteiger partial charge in [-0.25, -0.2) is 4.79 Å². The van der Waals surface area contributed by atoms with E-state index < -0.39 is 5.97 Å². The third-order valence-electron chi connectivity index (χ3n) is 3.47. The molecule has 1 aromatic carbocycles. The molecule has 0 aliphatic carbocycles. The Bertz CT molecular complexity index is 463. The Morgan fingerprint density at radius 1 is 1.21 bits per heavy atom. The summed E-state index contributed by atoms with van der Waals surface area (Å²) in [5, 5.41) is 28.6. The summed E-state index contributed by atoms with van der Waals surface area (Å²) in [5.74, 6) is -1.70. The van der Waals surface area contributed by atoms with E-state index in [1.54, 1.807) is 0 Å². The highest BCUT2D eigenvalue weighted by atomic mass is 16.4. The van der Waals surface area contributed by atoms with Crippen LogP contribution in [-0.4, -0.2) is 21.3 Å². The minimum atomic E-state index is -1.11. The summed E-state index contributed by atoms with van der Waals surface area (Å²) in [6.07, 6.45) is 4.02. The Balaban J connectivity index is 3.13.